The fourth-order valence-electron chi connectivity index (χ4n) is 4.84. The van der Waals surface area contributed by atoms with E-state index < -0.39 is 0 Å². The average Bonchev–Trinajstić information content (AvgIpc) is 3.12. The number of hydrogen-bond acceptors (Lipinski definition) is 5. The lowest BCUT2D eigenvalue weighted by Crippen LogP contribution is -2.28. The number of nitrogens with one attached hydrogen (secondary N) is 1. The highest BCUT2D eigenvalue weighted by atomic mass is 16.5. The van der Waals surface area contributed by atoms with Gasteiger partial charge in [-0.1, -0.05) is 114 Å². The van der Waals surface area contributed by atoms with Crippen LogP contribution in [-0.2, 0) is 19.6 Å². The lowest BCUT2D eigenvalue weighted by Gasteiger charge is -2.26. The molecule has 0 radical (unpaired) electrons. The Bertz CT molecular complexity index is 1420. The average molecular weight is 612 g/mol. The molecular formula is C40H53NO4. The van der Waals surface area contributed by atoms with Crippen LogP contribution in [0.15, 0.2) is 91.0 Å². The first-order chi connectivity index (χ1) is 22.1. The summed E-state index contributed by atoms with van der Waals surface area (Å²) in [5.74, 6) is 2.97. The molecule has 1 heterocycles. The van der Waals surface area contributed by atoms with Gasteiger partial charge in [0.25, 0.3) is 0 Å². The minimum absolute atomic E-state index is 0.0565. The Hall–Kier alpha value is -4.22. The highest BCUT2D eigenvalue weighted by molar-refractivity contribution is 5.61. The molecule has 1 unspecified atom stereocenters. The molecule has 1 N–H and O–H groups in total. The van der Waals surface area contributed by atoms with Crippen LogP contribution in [0.4, 0.5) is 0 Å². The molecule has 1 aliphatic rings. The van der Waals surface area contributed by atoms with Crippen molar-refractivity contribution in [2.45, 2.75) is 74.1 Å². The van der Waals surface area contributed by atoms with Crippen molar-refractivity contribution in [2.75, 3.05) is 20.8 Å². The van der Waals surface area contributed by atoms with Gasteiger partial charge in [0.05, 0.1) is 20.3 Å². The van der Waals surface area contributed by atoms with Crippen LogP contribution in [0, 0.1) is 6.92 Å². The number of aryl methyl sites for hydroxylation is 1. The quantitative estimate of drug-likeness (QED) is 0.193. The Morgan fingerprint density at radius 1 is 0.667 bits per heavy atom. The first-order valence-corrected chi connectivity index (χ1v) is 16.3. The smallest absolute Gasteiger partial charge is 0.162 e. The fraction of sp³-hybridized carbons (Fsp3) is 0.350. The molecule has 5 nitrogen and oxygen atoms in total. The second-order valence-corrected chi connectivity index (χ2v) is 9.65. The molecule has 0 fully saturated rings. The van der Waals surface area contributed by atoms with Crippen molar-refractivity contribution < 1.29 is 18.9 Å². The van der Waals surface area contributed by atoms with Gasteiger partial charge in [0.2, 0.25) is 0 Å². The summed E-state index contributed by atoms with van der Waals surface area (Å²) in [7, 11) is 3.36. The minimum atomic E-state index is 0.0565. The van der Waals surface area contributed by atoms with Gasteiger partial charge in [0.15, 0.2) is 23.0 Å². The third kappa shape index (κ3) is 10.7. The number of methoxy groups -OCH3 is 2. The van der Waals surface area contributed by atoms with Crippen LogP contribution in [0.3, 0.4) is 0 Å². The Morgan fingerprint density at radius 2 is 1.18 bits per heavy atom. The van der Waals surface area contributed by atoms with Gasteiger partial charge in [0, 0.05) is 6.54 Å². The Kier molecular flexibility index (Phi) is 17.0. The van der Waals surface area contributed by atoms with Crippen molar-refractivity contribution >= 4 is 6.08 Å². The third-order valence-corrected chi connectivity index (χ3v) is 7.01. The van der Waals surface area contributed by atoms with E-state index in [1.165, 1.54) is 11.1 Å². The van der Waals surface area contributed by atoms with E-state index in [-0.39, 0.29) is 6.04 Å². The number of rotatable bonds is 10. The first-order valence-electron chi connectivity index (χ1n) is 16.3. The lowest BCUT2D eigenvalue weighted by atomic mass is 9.92. The topological polar surface area (TPSA) is 49.0 Å². The molecule has 0 saturated heterocycles. The van der Waals surface area contributed by atoms with Crippen LogP contribution in [0.1, 0.15) is 81.0 Å². The normalized spacial score (nSPS) is 13.0. The molecular weight excluding hydrogens is 558 g/mol. The molecule has 0 amide bonds. The van der Waals surface area contributed by atoms with Crippen LogP contribution >= 0.6 is 0 Å². The summed E-state index contributed by atoms with van der Waals surface area (Å²) in [5, 5.41) is 3.64. The molecule has 45 heavy (non-hydrogen) atoms. The van der Waals surface area contributed by atoms with Gasteiger partial charge in [-0.25, -0.2) is 0 Å². The van der Waals surface area contributed by atoms with Crippen LogP contribution in [0.25, 0.3) is 6.08 Å². The summed E-state index contributed by atoms with van der Waals surface area (Å²) in [6, 6.07) is 28.7. The largest absolute Gasteiger partial charge is 0.493 e. The molecule has 4 aromatic rings. The van der Waals surface area contributed by atoms with E-state index in [4.69, 9.17) is 18.9 Å². The molecule has 0 bridgehead atoms. The predicted molar refractivity (Wildman–Crippen MR) is 190 cm³/mol. The molecule has 242 valence electrons. The molecule has 5 rings (SSSR count). The van der Waals surface area contributed by atoms with Gasteiger partial charge >= 0.3 is 0 Å². The molecule has 0 saturated carbocycles. The van der Waals surface area contributed by atoms with Crippen LogP contribution in [0.2, 0.25) is 0 Å². The Balaban J connectivity index is 0.00000111. The molecule has 5 heteroatoms. The molecule has 0 aliphatic carbocycles. The first kappa shape index (κ1) is 37.0. The van der Waals surface area contributed by atoms with Gasteiger partial charge < -0.3 is 24.3 Å². The summed E-state index contributed by atoms with van der Waals surface area (Å²) in [4.78, 5) is 0. The van der Waals surface area contributed by atoms with Crippen molar-refractivity contribution in [1.82, 2.24) is 5.32 Å². The standard InChI is InChI=1S/C34H35NO4.3C2H6/c1-24-18-31(36-2)33(38-22-25-10-6-4-7-11-25)19-27(24)14-15-30-29-21-32(37-3)34(20-28(29)16-17-35-30)39-23-26-12-8-5-9-13-26;3*1-2/h4-15,18-21,30,35H,16-17,22-23H2,1-3H3;3*1-2H3/b15-14+;;;. The second-order valence-electron chi connectivity index (χ2n) is 9.65. The maximum atomic E-state index is 6.16. The van der Waals surface area contributed by atoms with E-state index in [9.17, 15) is 0 Å². The molecule has 0 aromatic heterocycles. The van der Waals surface area contributed by atoms with Crippen LogP contribution < -0.4 is 24.3 Å². The zero-order valence-corrected chi connectivity index (χ0v) is 28.8. The van der Waals surface area contributed by atoms with E-state index in [1.54, 1.807) is 14.2 Å². The van der Waals surface area contributed by atoms with Gasteiger partial charge in [-0.05, 0) is 71.0 Å². The molecule has 0 spiro atoms. The van der Waals surface area contributed by atoms with E-state index >= 15 is 0 Å². The summed E-state index contributed by atoms with van der Waals surface area (Å²) in [5.41, 5.74) is 6.91. The number of ether oxygens (including phenoxy) is 4. The number of fused-ring (bicyclic) bond motifs is 1. The SMILES string of the molecule is CC.CC.CC.COc1cc(C)c(/C=C/C2NCCc3cc(OCc4ccccc4)c(OC)cc32)cc1OCc1ccccc1. The molecule has 1 aliphatic heterocycles. The highest BCUT2D eigenvalue weighted by Gasteiger charge is 2.21. The third-order valence-electron chi connectivity index (χ3n) is 7.01. The maximum absolute atomic E-state index is 6.16. The van der Waals surface area contributed by atoms with E-state index in [1.807, 2.05) is 84.0 Å². The van der Waals surface area contributed by atoms with Crippen molar-refractivity contribution in [3.05, 3.63) is 124 Å². The summed E-state index contributed by atoms with van der Waals surface area (Å²) < 4.78 is 23.6. The van der Waals surface area contributed by atoms with Crippen molar-refractivity contribution in [1.29, 1.82) is 0 Å². The van der Waals surface area contributed by atoms with Gasteiger partial charge in [-0.3, -0.25) is 0 Å². The van der Waals surface area contributed by atoms with E-state index in [0.717, 1.165) is 58.2 Å². The summed E-state index contributed by atoms with van der Waals surface area (Å²) in [6.45, 7) is 16.0. The summed E-state index contributed by atoms with van der Waals surface area (Å²) in [6.07, 6.45) is 5.30. The fourth-order valence-corrected chi connectivity index (χ4v) is 4.84. The van der Waals surface area contributed by atoms with Gasteiger partial charge in [0.1, 0.15) is 13.2 Å². The van der Waals surface area contributed by atoms with E-state index in [2.05, 4.69) is 66.9 Å². The highest BCUT2D eigenvalue weighted by Crippen LogP contribution is 2.37. The van der Waals surface area contributed by atoms with Crippen molar-refractivity contribution in [3.8, 4) is 23.0 Å². The number of hydrogen-bond donors (Lipinski definition) is 1. The number of benzene rings is 4. The molecule has 4 aromatic carbocycles. The maximum Gasteiger partial charge on any atom is 0.162 e. The predicted octanol–water partition coefficient (Wildman–Crippen LogP) is 10.1. The van der Waals surface area contributed by atoms with E-state index in [0.29, 0.717) is 13.2 Å². The van der Waals surface area contributed by atoms with Crippen LogP contribution in [0.5, 0.6) is 23.0 Å². The minimum Gasteiger partial charge on any atom is -0.493 e. The van der Waals surface area contributed by atoms with Crippen LogP contribution in [-0.4, -0.2) is 20.8 Å². The van der Waals surface area contributed by atoms with Crippen molar-refractivity contribution in [2.24, 2.45) is 0 Å². The summed E-state index contributed by atoms with van der Waals surface area (Å²) >= 11 is 0. The Morgan fingerprint density at radius 3 is 1.71 bits per heavy atom. The van der Waals surface area contributed by atoms with Crippen molar-refractivity contribution in [3.63, 3.8) is 0 Å². The van der Waals surface area contributed by atoms with Gasteiger partial charge in [-0.15, -0.1) is 0 Å². The second kappa shape index (κ2) is 20.7. The lowest BCUT2D eigenvalue weighted by molar-refractivity contribution is 0.283. The van der Waals surface area contributed by atoms with Gasteiger partial charge in [-0.2, -0.15) is 0 Å². The monoisotopic (exact) mass is 611 g/mol. The zero-order valence-electron chi connectivity index (χ0n) is 28.8. The Labute approximate surface area is 272 Å². The zero-order chi connectivity index (χ0) is 33.0. The molecule has 1 atom stereocenters.